The molecule has 3 aromatic rings. The van der Waals surface area contributed by atoms with Crippen LogP contribution in [0.5, 0.6) is 17.2 Å². The summed E-state index contributed by atoms with van der Waals surface area (Å²) in [5.74, 6) is 1.75. The minimum Gasteiger partial charge on any atom is -0.493 e. The van der Waals surface area contributed by atoms with Crippen LogP contribution in [0.2, 0.25) is 0 Å². The minimum absolute atomic E-state index is 0.0812. The summed E-state index contributed by atoms with van der Waals surface area (Å²) in [5, 5.41) is 8.74. The SMILES string of the molecule is COc1cc2c(c(OC)c1OC)-c1ccc(NCC(=O)NCCc3ccco3)c(=O)cc1C(NC(C)=O)CC2. The van der Waals surface area contributed by atoms with Crippen molar-refractivity contribution in [1.82, 2.24) is 10.6 Å². The number of amides is 2. The summed E-state index contributed by atoms with van der Waals surface area (Å²) in [6.07, 6.45) is 3.32. The van der Waals surface area contributed by atoms with Gasteiger partial charge in [0.15, 0.2) is 11.5 Å². The van der Waals surface area contributed by atoms with Crippen molar-refractivity contribution in [2.45, 2.75) is 32.2 Å². The van der Waals surface area contributed by atoms with Crippen molar-refractivity contribution in [2.75, 3.05) is 39.7 Å². The van der Waals surface area contributed by atoms with Crippen LogP contribution in [0.1, 0.15) is 36.3 Å². The molecule has 1 unspecified atom stereocenters. The highest BCUT2D eigenvalue weighted by molar-refractivity contribution is 5.84. The van der Waals surface area contributed by atoms with Gasteiger partial charge in [0.2, 0.25) is 23.0 Å². The lowest BCUT2D eigenvalue weighted by atomic mass is 9.95. The fraction of sp³-hybridized carbons (Fsp3) is 0.345. The number of benzene rings is 1. The molecule has 0 saturated carbocycles. The zero-order valence-corrected chi connectivity index (χ0v) is 22.5. The molecular formula is C29H33N3O7. The van der Waals surface area contributed by atoms with E-state index in [4.69, 9.17) is 18.6 Å². The van der Waals surface area contributed by atoms with E-state index < -0.39 is 6.04 Å². The third-order valence-corrected chi connectivity index (χ3v) is 6.63. The van der Waals surface area contributed by atoms with E-state index in [1.807, 2.05) is 12.1 Å². The molecule has 2 aromatic carbocycles. The van der Waals surface area contributed by atoms with Crippen molar-refractivity contribution >= 4 is 17.5 Å². The zero-order chi connectivity index (χ0) is 27.9. The molecule has 10 heteroatoms. The van der Waals surface area contributed by atoms with E-state index in [0.717, 1.165) is 16.9 Å². The minimum atomic E-state index is -0.413. The maximum Gasteiger partial charge on any atom is 0.239 e. The number of rotatable bonds is 10. The predicted octanol–water partition coefficient (Wildman–Crippen LogP) is 3.23. The van der Waals surface area contributed by atoms with Crippen LogP contribution in [0.3, 0.4) is 0 Å². The third kappa shape index (κ3) is 6.17. The lowest BCUT2D eigenvalue weighted by molar-refractivity contribution is -0.120. The summed E-state index contributed by atoms with van der Waals surface area (Å²) in [5.41, 5.74) is 3.00. The number of methoxy groups -OCH3 is 3. The van der Waals surface area contributed by atoms with Crippen LogP contribution < -0.4 is 35.6 Å². The Hall–Kier alpha value is -4.47. The quantitative estimate of drug-likeness (QED) is 0.361. The van der Waals surface area contributed by atoms with Gasteiger partial charge in [0.1, 0.15) is 5.76 Å². The summed E-state index contributed by atoms with van der Waals surface area (Å²) >= 11 is 0. The Bertz CT molecular complexity index is 1400. The van der Waals surface area contributed by atoms with Gasteiger partial charge in [-0.05, 0) is 59.9 Å². The summed E-state index contributed by atoms with van der Waals surface area (Å²) in [6.45, 7) is 1.78. The standard InChI is InChI=1S/C29H33N3O7/c1-17(33)32-22-9-7-18-14-25(36-2)28(37-3)29(38-4)27(18)20-8-10-23(24(34)15-21(20)22)31-16-26(35)30-12-11-19-6-5-13-39-19/h5-6,8,10,13-15,22H,7,9,11-12,16H2,1-4H3,(H,30,35)(H,31,34)(H,32,33). The molecule has 0 spiro atoms. The Labute approximate surface area is 226 Å². The van der Waals surface area contributed by atoms with Gasteiger partial charge in [-0.15, -0.1) is 0 Å². The first-order chi connectivity index (χ1) is 18.9. The molecule has 4 rings (SSSR count). The summed E-state index contributed by atoms with van der Waals surface area (Å²) in [6, 6.07) is 10.1. The van der Waals surface area contributed by atoms with E-state index in [9.17, 15) is 14.4 Å². The molecule has 1 heterocycles. The number of hydrogen-bond acceptors (Lipinski definition) is 8. The molecule has 10 nitrogen and oxygen atoms in total. The first-order valence-corrected chi connectivity index (χ1v) is 12.7. The smallest absolute Gasteiger partial charge is 0.239 e. The maximum atomic E-state index is 13.3. The van der Waals surface area contributed by atoms with Gasteiger partial charge < -0.3 is 34.6 Å². The third-order valence-electron chi connectivity index (χ3n) is 6.63. The topological polar surface area (TPSA) is 128 Å². The Morgan fingerprint density at radius 2 is 1.85 bits per heavy atom. The highest BCUT2D eigenvalue weighted by Crippen LogP contribution is 2.50. The fourth-order valence-electron chi connectivity index (χ4n) is 4.87. The van der Waals surface area contributed by atoms with Crippen molar-refractivity contribution in [3.8, 4) is 28.4 Å². The monoisotopic (exact) mass is 535 g/mol. The lowest BCUT2D eigenvalue weighted by Gasteiger charge is -2.19. The Balaban J connectivity index is 1.69. The number of fused-ring (bicyclic) bond motifs is 3. The number of nitrogens with one attached hydrogen (secondary N) is 3. The van der Waals surface area contributed by atoms with E-state index in [-0.39, 0.29) is 29.5 Å². The zero-order valence-electron chi connectivity index (χ0n) is 22.5. The van der Waals surface area contributed by atoms with E-state index in [1.54, 1.807) is 38.7 Å². The fourth-order valence-corrected chi connectivity index (χ4v) is 4.87. The van der Waals surface area contributed by atoms with Gasteiger partial charge in [-0.3, -0.25) is 14.4 Å². The van der Waals surface area contributed by atoms with Crippen molar-refractivity contribution in [1.29, 1.82) is 0 Å². The summed E-state index contributed by atoms with van der Waals surface area (Å²) < 4.78 is 22.2. The summed E-state index contributed by atoms with van der Waals surface area (Å²) in [4.78, 5) is 37.8. The van der Waals surface area contributed by atoms with Crippen LogP contribution in [0, 0.1) is 0 Å². The molecule has 1 aromatic heterocycles. The van der Waals surface area contributed by atoms with E-state index in [2.05, 4.69) is 16.0 Å². The van der Waals surface area contributed by atoms with Gasteiger partial charge in [-0.2, -0.15) is 0 Å². The Morgan fingerprint density at radius 1 is 1.05 bits per heavy atom. The molecule has 0 fully saturated rings. The van der Waals surface area contributed by atoms with Crippen LogP contribution in [0.15, 0.2) is 51.9 Å². The lowest BCUT2D eigenvalue weighted by Crippen LogP contribution is -2.32. The Kier molecular flexibility index (Phi) is 8.75. The van der Waals surface area contributed by atoms with Crippen molar-refractivity contribution in [2.24, 2.45) is 0 Å². The molecule has 0 saturated heterocycles. The highest BCUT2D eigenvalue weighted by atomic mass is 16.5. The van der Waals surface area contributed by atoms with Gasteiger partial charge in [0.25, 0.3) is 0 Å². The van der Waals surface area contributed by atoms with Crippen molar-refractivity contribution in [3.05, 3.63) is 69.8 Å². The largest absolute Gasteiger partial charge is 0.493 e. The molecular weight excluding hydrogens is 502 g/mol. The van der Waals surface area contributed by atoms with Gasteiger partial charge in [0.05, 0.1) is 45.9 Å². The molecule has 1 aliphatic rings. The molecule has 0 aliphatic heterocycles. The molecule has 0 radical (unpaired) electrons. The molecule has 0 bridgehead atoms. The average molecular weight is 536 g/mol. The molecule has 1 atom stereocenters. The second kappa shape index (κ2) is 12.4. The number of furan rings is 1. The van der Waals surface area contributed by atoms with Crippen LogP contribution >= 0.6 is 0 Å². The van der Waals surface area contributed by atoms with E-state index in [1.165, 1.54) is 20.1 Å². The highest BCUT2D eigenvalue weighted by Gasteiger charge is 2.29. The van der Waals surface area contributed by atoms with E-state index in [0.29, 0.717) is 54.2 Å². The summed E-state index contributed by atoms with van der Waals surface area (Å²) in [7, 11) is 4.64. The number of anilines is 1. The second-order valence-electron chi connectivity index (χ2n) is 9.13. The van der Waals surface area contributed by atoms with Gasteiger partial charge in [0, 0.05) is 25.5 Å². The van der Waals surface area contributed by atoms with Crippen molar-refractivity contribution in [3.63, 3.8) is 0 Å². The van der Waals surface area contributed by atoms with Crippen LogP contribution in [-0.4, -0.2) is 46.2 Å². The van der Waals surface area contributed by atoms with E-state index >= 15 is 0 Å². The predicted molar refractivity (Wildman–Crippen MR) is 147 cm³/mol. The maximum absolute atomic E-state index is 13.3. The molecule has 1 aliphatic carbocycles. The van der Waals surface area contributed by atoms with Crippen LogP contribution in [0.25, 0.3) is 11.1 Å². The van der Waals surface area contributed by atoms with Crippen molar-refractivity contribution < 1.29 is 28.2 Å². The number of hydrogen-bond donors (Lipinski definition) is 3. The van der Waals surface area contributed by atoms with Gasteiger partial charge in [-0.1, -0.05) is 6.07 Å². The second-order valence-corrected chi connectivity index (χ2v) is 9.13. The van der Waals surface area contributed by atoms with Crippen LogP contribution in [-0.2, 0) is 22.4 Å². The normalized spacial score (nSPS) is 13.8. The first kappa shape index (κ1) is 27.6. The Morgan fingerprint density at radius 3 is 2.51 bits per heavy atom. The molecule has 39 heavy (non-hydrogen) atoms. The number of aryl methyl sites for hydroxylation is 1. The van der Waals surface area contributed by atoms with Gasteiger partial charge in [-0.25, -0.2) is 0 Å². The first-order valence-electron chi connectivity index (χ1n) is 12.7. The van der Waals surface area contributed by atoms with Gasteiger partial charge >= 0.3 is 0 Å². The molecule has 206 valence electrons. The molecule has 2 amide bonds. The van der Waals surface area contributed by atoms with Crippen LogP contribution in [0.4, 0.5) is 5.69 Å². The number of carbonyl (C=O) groups is 2. The number of ether oxygens (including phenoxy) is 3. The molecule has 3 N–H and O–H groups in total. The average Bonchev–Trinajstić information content (AvgIpc) is 3.33. The number of carbonyl (C=O) groups excluding carboxylic acids is 2.